The third kappa shape index (κ3) is 2.94. The molecule has 0 aliphatic rings. The Morgan fingerprint density at radius 3 is 1.71 bits per heavy atom. The summed E-state index contributed by atoms with van der Waals surface area (Å²) in [6.45, 7) is 8.43. The van der Waals surface area contributed by atoms with E-state index in [0.717, 1.165) is 22.4 Å². The van der Waals surface area contributed by atoms with Crippen molar-refractivity contribution < 1.29 is 4.74 Å². The molecule has 0 bridgehead atoms. The maximum Gasteiger partial charge on any atom is 0.130 e. The molecule has 121 valence electrons. The summed E-state index contributed by atoms with van der Waals surface area (Å²) >= 11 is 0. The van der Waals surface area contributed by atoms with Gasteiger partial charge in [-0.05, 0) is 56.0 Å². The molecule has 24 heavy (non-hydrogen) atoms. The third-order valence-corrected chi connectivity index (χ3v) is 4.51. The second-order valence-electron chi connectivity index (χ2n) is 6.39. The minimum absolute atomic E-state index is 0.909. The van der Waals surface area contributed by atoms with Crippen molar-refractivity contribution in [1.29, 1.82) is 0 Å². The van der Waals surface area contributed by atoms with Crippen LogP contribution in [0.4, 0.5) is 0 Å². The van der Waals surface area contributed by atoms with Gasteiger partial charge in [-0.3, -0.25) is 0 Å². The molecule has 0 N–H and O–H groups in total. The molecular formula is C23H23O. The Morgan fingerprint density at radius 2 is 1.21 bits per heavy atom. The first-order chi connectivity index (χ1) is 11.5. The van der Waals surface area contributed by atoms with E-state index in [9.17, 15) is 0 Å². The summed E-state index contributed by atoms with van der Waals surface area (Å²) in [7, 11) is 1.73. The summed E-state index contributed by atoms with van der Waals surface area (Å²) in [5, 5.41) is 0. The van der Waals surface area contributed by atoms with Crippen LogP contribution >= 0.6 is 0 Å². The smallest absolute Gasteiger partial charge is 0.130 e. The molecule has 0 aromatic heterocycles. The normalized spacial score (nSPS) is 10.7. The molecule has 0 aliphatic carbocycles. The van der Waals surface area contributed by atoms with E-state index in [0.29, 0.717) is 0 Å². The van der Waals surface area contributed by atoms with Gasteiger partial charge in [-0.15, -0.1) is 0 Å². The lowest BCUT2D eigenvalue weighted by Gasteiger charge is -2.18. The summed E-state index contributed by atoms with van der Waals surface area (Å²) in [5.74, 6) is 0.909. The molecule has 3 rings (SSSR count). The van der Waals surface area contributed by atoms with Gasteiger partial charge in [-0.1, -0.05) is 59.7 Å². The Kier molecular flexibility index (Phi) is 4.44. The molecule has 0 heterocycles. The number of hydrogen-bond donors (Lipinski definition) is 0. The zero-order chi connectivity index (χ0) is 17.3. The minimum Gasteiger partial charge on any atom is -0.496 e. The summed E-state index contributed by atoms with van der Waals surface area (Å²) in [5.41, 5.74) is 9.43. The molecule has 0 spiro atoms. The number of rotatable bonds is 3. The highest BCUT2D eigenvalue weighted by atomic mass is 16.5. The highest BCUT2D eigenvalue weighted by molar-refractivity contribution is 5.83. The van der Waals surface area contributed by atoms with Crippen LogP contribution in [-0.4, -0.2) is 7.11 Å². The molecule has 0 saturated carbocycles. The number of benzene rings is 3. The number of methoxy groups -OCH3 is 1. The fraction of sp³-hybridized carbons (Fsp3) is 0.217. The SMILES string of the molecule is COc1c(C)[c]c(-c2ccc(C)cc2)c(C)c1-c1ccc(C)cc1. The maximum atomic E-state index is 5.72. The van der Waals surface area contributed by atoms with E-state index >= 15 is 0 Å². The van der Waals surface area contributed by atoms with Crippen molar-refractivity contribution >= 4 is 0 Å². The van der Waals surface area contributed by atoms with Crippen LogP contribution in [-0.2, 0) is 0 Å². The van der Waals surface area contributed by atoms with E-state index in [2.05, 4.69) is 82.3 Å². The summed E-state index contributed by atoms with van der Waals surface area (Å²) in [6.07, 6.45) is 0. The van der Waals surface area contributed by atoms with Gasteiger partial charge in [-0.2, -0.15) is 0 Å². The number of ether oxygens (including phenoxy) is 1. The van der Waals surface area contributed by atoms with E-state index in [-0.39, 0.29) is 0 Å². The summed E-state index contributed by atoms with van der Waals surface area (Å²) in [4.78, 5) is 0. The zero-order valence-corrected chi connectivity index (χ0v) is 15.0. The van der Waals surface area contributed by atoms with Gasteiger partial charge >= 0.3 is 0 Å². The van der Waals surface area contributed by atoms with Crippen LogP contribution in [0.2, 0.25) is 0 Å². The molecule has 1 radical (unpaired) electrons. The van der Waals surface area contributed by atoms with Crippen LogP contribution in [0.1, 0.15) is 22.3 Å². The second-order valence-corrected chi connectivity index (χ2v) is 6.39. The van der Waals surface area contributed by atoms with Crippen molar-refractivity contribution in [2.75, 3.05) is 7.11 Å². The quantitative estimate of drug-likeness (QED) is 0.570. The molecule has 0 atom stereocenters. The Labute approximate surface area is 144 Å². The lowest BCUT2D eigenvalue weighted by molar-refractivity contribution is 0.413. The van der Waals surface area contributed by atoms with Crippen molar-refractivity contribution in [3.63, 3.8) is 0 Å². The van der Waals surface area contributed by atoms with Gasteiger partial charge in [-0.25, -0.2) is 0 Å². The van der Waals surface area contributed by atoms with Gasteiger partial charge in [0.05, 0.1) is 7.11 Å². The predicted octanol–water partition coefficient (Wildman–Crippen LogP) is 6.06. The van der Waals surface area contributed by atoms with E-state index in [1.807, 2.05) is 0 Å². The largest absolute Gasteiger partial charge is 0.496 e. The first-order valence-electron chi connectivity index (χ1n) is 8.26. The van der Waals surface area contributed by atoms with Crippen molar-refractivity contribution in [2.45, 2.75) is 27.7 Å². The number of aryl methyl sites for hydroxylation is 3. The fourth-order valence-corrected chi connectivity index (χ4v) is 3.15. The monoisotopic (exact) mass is 315 g/mol. The van der Waals surface area contributed by atoms with Gasteiger partial charge in [0.25, 0.3) is 0 Å². The van der Waals surface area contributed by atoms with Gasteiger partial charge in [0, 0.05) is 11.1 Å². The second kappa shape index (κ2) is 6.52. The Bertz CT molecular complexity index is 856. The summed E-state index contributed by atoms with van der Waals surface area (Å²) < 4.78 is 5.72. The fourth-order valence-electron chi connectivity index (χ4n) is 3.15. The maximum absolute atomic E-state index is 5.72. The van der Waals surface area contributed by atoms with Crippen molar-refractivity contribution in [2.24, 2.45) is 0 Å². The first-order valence-corrected chi connectivity index (χ1v) is 8.26. The van der Waals surface area contributed by atoms with E-state index in [1.54, 1.807) is 7.11 Å². The summed E-state index contributed by atoms with van der Waals surface area (Å²) in [6, 6.07) is 20.8. The van der Waals surface area contributed by atoms with E-state index < -0.39 is 0 Å². The van der Waals surface area contributed by atoms with E-state index in [1.165, 1.54) is 27.8 Å². The zero-order valence-electron chi connectivity index (χ0n) is 15.0. The van der Waals surface area contributed by atoms with Crippen LogP contribution < -0.4 is 4.74 Å². The molecule has 3 aromatic rings. The highest BCUT2D eigenvalue weighted by Crippen LogP contribution is 2.40. The Balaban J connectivity index is 2.27. The average molecular weight is 315 g/mol. The van der Waals surface area contributed by atoms with Gasteiger partial charge in [0.1, 0.15) is 5.75 Å². The number of hydrogen-bond acceptors (Lipinski definition) is 1. The standard InChI is InChI=1S/C23H23O/c1-15-6-10-19(11-7-15)21-14-17(3)23(24-5)22(18(21)4)20-12-8-16(2)9-13-20/h6-13H,1-5H3. The Morgan fingerprint density at radius 1 is 0.708 bits per heavy atom. The van der Waals surface area contributed by atoms with Crippen LogP contribution in [0.25, 0.3) is 22.3 Å². The van der Waals surface area contributed by atoms with Crippen LogP contribution in [0, 0.1) is 33.8 Å². The molecule has 1 nitrogen and oxygen atoms in total. The average Bonchev–Trinajstić information content (AvgIpc) is 2.58. The molecule has 0 fully saturated rings. The molecule has 3 aromatic carbocycles. The third-order valence-electron chi connectivity index (χ3n) is 4.51. The minimum atomic E-state index is 0.909. The highest BCUT2D eigenvalue weighted by Gasteiger charge is 2.17. The van der Waals surface area contributed by atoms with E-state index in [4.69, 9.17) is 4.74 Å². The van der Waals surface area contributed by atoms with Crippen molar-refractivity contribution in [3.8, 4) is 28.0 Å². The molecule has 0 saturated heterocycles. The predicted molar refractivity (Wildman–Crippen MR) is 102 cm³/mol. The lowest BCUT2D eigenvalue weighted by Crippen LogP contribution is -1.98. The molecule has 0 unspecified atom stereocenters. The molecule has 1 heteroatoms. The first kappa shape index (κ1) is 16.3. The molecule has 0 amide bonds. The van der Waals surface area contributed by atoms with Crippen molar-refractivity contribution in [1.82, 2.24) is 0 Å². The topological polar surface area (TPSA) is 9.23 Å². The Hall–Kier alpha value is -2.54. The molecule has 0 aliphatic heterocycles. The van der Waals surface area contributed by atoms with Gasteiger partial charge < -0.3 is 4.74 Å². The van der Waals surface area contributed by atoms with Crippen LogP contribution in [0.5, 0.6) is 5.75 Å². The van der Waals surface area contributed by atoms with Crippen molar-refractivity contribution in [3.05, 3.63) is 76.9 Å². The molecular weight excluding hydrogens is 292 g/mol. The van der Waals surface area contributed by atoms with Crippen LogP contribution in [0.15, 0.2) is 48.5 Å². The van der Waals surface area contributed by atoms with Gasteiger partial charge in [0.2, 0.25) is 0 Å². The van der Waals surface area contributed by atoms with Gasteiger partial charge in [0.15, 0.2) is 0 Å². The van der Waals surface area contributed by atoms with Crippen LogP contribution in [0.3, 0.4) is 0 Å². The lowest BCUT2D eigenvalue weighted by atomic mass is 9.89.